The molecule has 3 nitrogen and oxygen atoms in total. The summed E-state index contributed by atoms with van der Waals surface area (Å²) in [7, 11) is 0. The van der Waals surface area contributed by atoms with Crippen molar-refractivity contribution in [2.45, 2.75) is 45.4 Å². The first kappa shape index (κ1) is 14.1. The summed E-state index contributed by atoms with van der Waals surface area (Å²) in [5.41, 5.74) is 1.38. The van der Waals surface area contributed by atoms with Gasteiger partial charge in [-0.3, -0.25) is 4.79 Å². The van der Waals surface area contributed by atoms with Crippen molar-refractivity contribution in [2.24, 2.45) is 0 Å². The van der Waals surface area contributed by atoms with Crippen molar-refractivity contribution >= 4 is 17.2 Å². The van der Waals surface area contributed by atoms with Crippen LogP contribution in [0.3, 0.4) is 0 Å². The average molecular weight is 276 g/mol. The topological polar surface area (TPSA) is 44.1 Å². The Bertz CT molecular complexity index is 463. The Kier molecular flexibility index (Phi) is 4.98. The molecule has 1 aromatic heterocycles. The highest BCUT2D eigenvalue weighted by atomic mass is 32.1. The summed E-state index contributed by atoms with van der Waals surface area (Å²) in [6, 6.07) is 4.19. The van der Waals surface area contributed by atoms with Crippen LogP contribution >= 0.6 is 11.3 Å². The van der Waals surface area contributed by atoms with Gasteiger partial charge in [0.05, 0.1) is 17.4 Å². The highest BCUT2D eigenvalue weighted by molar-refractivity contribution is 7.14. The molecule has 1 heterocycles. The zero-order chi connectivity index (χ0) is 13.7. The Morgan fingerprint density at radius 3 is 2.95 bits per heavy atom. The molecule has 2 rings (SSSR count). The van der Waals surface area contributed by atoms with Crippen molar-refractivity contribution in [3.8, 4) is 6.07 Å². The van der Waals surface area contributed by atoms with E-state index in [9.17, 15) is 4.79 Å². The number of hydrogen-bond acceptors (Lipinski definition) is 3. The molecule has 1 aliphatic rings. The lowest BCUT2D eigenvalue weighted by molar-refractivity contribution is 0.0772. The molecule has 0 saturated carbocycles. The summed E-state index contributed by atoms with van der Waals surface area (Å²) in [6.07, 6.45) is 6.43. The number of nitriles is 1. The third-order valence-corrected chi connectivity index (χ3v) is 4.84. The molecule has 1 aliphatic carbocycles. The molecule has 0 radical (unpaired) electrons. The van der Waals surface area contributed by atoms with Gasteiger partial charge in [-0.05, 0) is 44.2 Å². The van der Waals surface area contributed by atoms with E-state index in [1.807, 2.05) is 6.92 Å². The summed E-state index contributed by atoms with van der Waals surface area (Å²) in [4.78, 5) is 16.4. The number of carbonyl (C=O) groups is 1. The van der Waals surface area contributed by atoms with Gasteiger partial charge in [0, 0.05) is 18.0 Å². The van der Waals surface area contributed by atoms with Crippen molar-refractivity contribution in [2.75, 3.05) is 13.1 Å². The molecule has 0 N–H and O–H groups in total. The van der Waals surface area contributed by atoms with Crippen LogP contribution in [0.5, 0.6) is 0 Å². The van der Waals surface area contributed by atoms with Crippen LogP contribution in [0.1, 0.15) is 52.7 Å². The monoisotopic (exact) mass is 276 g/mol. The fraction of sp³-hybridized carbons (Fsp3) is 0.600. The van der Waals surface area contributed by atoms with E-state index in [4.69, 9.17) is 5.26 Å². The van der Waals surface area contributed by atoms with Crippen molar-refractivity contribution in [3.63, 3.8) is 0 Å². The standard InChI is InChI=1S/C15H20N2OS/c1-2-17(10-6-9-16)15(18)14-11-12-7-4-3-5-8-13(12)19-14/h11H,2-8,10H2,1H3. The van der Waals surface area contributed by atoms with Crippen LogP contribution in [-0.2, 0) is 12.8 Å². The molecule has 1 amide bonds. The van der Waals surface area contributed by atoms with Gasteiger partial charge in [-0.15, -0.1) is 11.3 Å². The molecule has 19 heavy (non-hydrogen) atoms. The summed E-state index contributed by atoms with van der Waals surface area (Å²) in [5, 5.41) is 8.64. The maximum Gasteiger partial charge on any atom is 0.263 e. The van der Waals surface area contributed by atoms with Gasteiger partial charge in [-0.25, -0.2) is 0 Å². The Balaban J connectivity index is 2.12. The highest BCUT2D eigenvalue weighted by Crippen LogP contribution is 2.29. The van der Waals surface area contributed by atoms with Crippen LogP contribution in [0, 0.1) is 11.3 Å². The third kappa shape index (κ3) is 3.36. The van der Waals surface area contributed by atoms with E-state index < -0.39 is 0 Å². The van der Waals surface area contributed by atoms with E-state index in [2.05, 4.69) is 12.1 Å². The summed E-state index contributed by atoms with van der Waals surface area (Å²) >= 11 is 1.66. The lowest BCUT2D eigenvalue weighted by atomic mass is 10.1. The van der Waals surface area contributed by atoms with Crippen LogP contribution in [0.2, 0.25) is 0 Å². The molecule has 1 aromatic rings. The first-order valence-electron chi connectivity index (χ1n) is 7.04. The number of nitrogens with zero attached hydrogens (tertiary/aromatic N) is 2. The first-order chi connectivity index (χ1) is 9.26. The Hall–Kier alpha value is -1.34. The SMILES string of the molecule is CCN(CCC#N)C(=O)c1cc2c(s1)CCCCC2. The second-order valence-corrected chi connectivity index (χ2v) is 6.05. The molecule has 0 aromatic carbocycles. The molecule has 0 fully saturated rings. The highest BCUT2D eigenvalue weighted by Gasteiger charge is 2.19. The maximum absolute atomic E-state index is 12.4. The lowest BCUT2D eigenvalue weighted by Crippen LogP contribution is -2.31. The smallest absolute Gasteiger partial charge is 0.263 e. The number of thiophene rings is 1. The van der Waals surface area contributed by atoms with Crippen LogP contribution in [0.15, 0.2) is 6.07 Å². The first-order valence-corrected chi connectivity index (χ1v) is 7.85. The van der Waals surface area contributed by atoms with Gasteiger partial charge in [0.1, 0.15) is 0 Å². The molecule has 0 unspecified atom stereocenters. The van der Waals surface area contributed by atoms with Gasteiger partial charge >= 0.3 is 0 Å². The zero-order valence-electron chi connectivity index (χ0n) is 11.4. The fourth-order valence-corrected chi connectivity index (χ4v) is 3.74. The minimum atomic E-state index is 0.0934. The molecule has 102 valence electrons. The quantitative estimate of drug-likeness (QED) is 0.791. The normalized spacial score (nSPS) is 14.3. The molecule has 0 aliphatic heterocycles. The number of aryl methyl sites for hydroxylation is 2. The number of carbonyl (C=O) groups excluding carboxylic acids is 1. The number of fused-ring (bicyclic) bond motifs is 1. The molecular weight excluding hydrogens is 256 g/mol. The van der Waals surface area contributed by atoms with Gasteiger partial charge in [0.2, 0.25) is 0 Å². The third-order valence-electron chi connectivity index (χ3n) is 3.62. The predicted octanol–water partition coefficient (Wildman–Crippen LogP) is 3.39. The lowest BCUT2D eigenvalue weighted by Gasteiger charge is -2.18. The number of hydrogen-bond donors (Lipinski definition) is 0. The molecule has 0 bridgehead atoms. The van der Waals surface area contributed by atoms with E-state index in [0.29, 0.717) is 19.5 Å². The Labute approximate surface area is 118 Å². The minimum Gasteiger partial charge on any atom is -0.337 e. The predicted molar refractivity (Wildman–Crippen MR) is 77.4 cm³/mol. The van der Waals surface area contributed by atoms with E-state index in [1.165, 1.54) is 29.7 Å². The summed E-state index contributed by atoms with van der Waals surface area (Å²) in [6.45, 7) is 3.17. The van der Waals surface area contributed by atoms with Gasteiger partial charge < -0.3 is 4.90 Å². The number of amides is 1. The van der Waals surface area contributed by atoms with Crippen LogP contribution in [0.25, 0.3) is 0 Å². The minimum absolute atomic E-state index is 0.0934. The van der Waals surface area contributed by atoms with Crippen LogP contribution < -0.4 is 0 Å². The van der Waals surface area contributed by atoms with Gasteiger partial charge in [-0.2, -0.15) is 5.26 Å². The van der Waals surface area contributed by atoms with Crippen molar-refractivity contribution in [1.82, 2.24) is 4.90 Å². The fourth-order valence-electron chi connectivity index (χ4n) is 2.52. The second kappa shape index (κ2) is 6.72. The average Bonchev–Trinajstić information content (AvgIpc) is 2.71. The Morgan fingerprint density at radius 1 is 1.42 bits per heavy atom. The van der Waals surface area contributed by atoms with Gasteiger partial charge in [0.15, 0.2) is 0 Å². The molecule has 0 spiro atoms. The van der Waals surface area contributed by atoms with Gasteiger partial charge in [0.25, 0.3) is 5.91 Å². The second-order valence-electron chi connectivity index (χ2n) is 4.91. The summed E-state index contributed by atoms with van der Waals surface area (Å²) in [5.74, 6) is 0.0934. The van der Waals surface area contributed by atoms with E-state index in [0.717, 1.165) is 17.7 Å². The van der Waals surface area contributed by atoms with Crippen molar-refractivity contribution < 1.29 is 4.79 Å². The van der Waals surface area contributed by atoms with Crippen LogP contribution in [-0.4, -0.2) is 23.9 Å². The van der Waals surface area contributed by atoms with E-state index in [-0.39, 0.29) is 5.91 Å². The number of rotatable bonds is 4. The van der Waals surface area contributed by atoms with Crippen molar-refractivity contribution in [3.05, 3.63) is 21.4 Å². The molecule has 0 atom stereocenters. The largest absolute Gasteiger partial charge is 0.337 e. The maximum atomic E-state index is 12.4. The Morgan fingerprint density at radius 2 is 2.21 bits per heavy atom. The van der Waals surface area contributed by atoms with E-state index >= 15 is 0 Å². The van der Waals surface area contributed by atoms with Gasteiger partial charge in [-0.1, -0.05) is 6.42 Å². The van der Waals surface area contributed by atoms with Crippen molar-refractivity contribution in [1.29, 1.82) is 5.26 Å². The molecule has 4 heteroatoms. The zero-order valence-corrected chi connectivity index (χ0v) is 12.3. The molecule has 0 saturated heterocycles. The van der Waals surface area contributed by atoms with Crippen LogP contribution in [0.4, 0.5) is 0 Å². The van der Waals surface area contributed by atoms with E-state index in [1.54, 1.807) is 16.2 Å². The summed E-state index contributed by atoms with van der Waals surface area (Å²) < 4.78 is 0. The molecular formula is C15H20N2OS.